The van der Waals surface area contributed by atoms with Crippen molar-refractivity contribution >= 4 is 38.1 Å². The Balaban J connectivity index is 1.53. The second-order valence-corrected chi connectivity index (χ2v) is 9.48. The molecule has 0 spiro atoms. The number of carbonyl (C=O) groups is 1. The highest BCUT2D eigenvalue weighted by atomic mass is 32.2. The summed E-state index contributed by atoms with van der Waals surface area (Å²) in [6, 6.07) is 10.2. The minimum Gasteiger partial charge on any atom is -0.454 e. The Bertz CT molecular complexity index is 1250. The van der Waals surface area contributed by atoms with Crippen LogP contribution in [0.5, 0.6) is 11.5 Å². The molecule has 4 rings (SSSR count). The number of ether oxygens (including phenoxy) is 2. The third kappa shape index (κ3) is 3.96. The number of nitrogens with one attached hydrogen (secondary N) is 2. The first kappa shape index (κ1) is 20.2. The van der Waals surface area contributed by atoms with Crippen molar-refractivity contribution in [1.82, 2.24) is 4.98 Å². The van der Waals surface area contributed by atoms with Gasteiger partial charge in [0.1, 0.15) is 4.88 Å². The first-order valence-electron chi connectivity index (χ1n) is 9.01. The summed E-state index contributed by atoms with van der Waals surface area (Å²) in [4.78, 5) is 17.4. The molecule has 10 heteroatoms. The van der Waals surface area contributed by atoms with Gasteiger partial charge in [-0.1, -0.05) is 29.0 Å². The number of thiazole rings is 1. The Labute approximate surface area is 177 Å². The van der Waals surface area contributed by atoms with E-state index >= 15 is 0 Å². The predicted molar refractivity (Wildman–Crippen MR) is 114 cm³/mol. The number of carbonyl (C=O) groups excluding carboxylic acids is 1. The molecule has 0 fully saturated rings. The number of benzene rings is 2. The number of anilines is 2. The van der Waals surface area contributed by atoms with Gasteiger partial charge in [-0.05, 0) is 44.5 Å². The SMILES string of the molecule is Cc1ccc(S(=O)(=O)Nc2nc(C)c(C(=O)Nc3ccc4c(c3)OCO4)s2)c(C)c1. The molecular weight excluding hydrogens is 426 g/mol. The van der Waals surface area contributed by atoms with E-state index in [4.69, 9.17) is 9.47 Å². The van der Waals surface area contributed by atoms with Gasteiger partial charge in [0.25, 0.3) is 15.9 Å². The average Bonchev–Trinajstić information content (AvgIpc) is 3.26. The topological polar surface area (TPSA) is 107 Å². The molecule has 30 heavy (non-hydrogen) atoms. The van der Waals surface area contributed by atoms with Crippen molar-refractivity contribution in [2.75, 3.05) is 16.8 Å². The molecule has 0 saturated heterocycles. The number of nitrogens with zero attached hydrogens (tertiary/aromatic N) is 1. The highest BCUT2D eigenvalue weighted by molar-refractivity contribution is 7.93. The van der Waals surface area contributed by atoms with Gasteiger partial charge in [-0.2, -0.15) is 0 Å². The first-order chi connectivity index (χ1) is 14.2. The second-order valence-electron chi connectivity index (χ2n) is 6.83. The van der Waals surface area contributed by atoms with E-state index in [1.54, 1.807) is 50.2 Å². The zero-order valence-corrected chi connectivity index (χ0v) is 18.1. The van der Waals surface area contributed by atoms with Gasteiger partial charge in [-0.15, -0.1) is 0 Å². The van der Waals surface area contributed by atoms with Crippen molar-refractivity contribution in [3.63, 3.8) is 0 Å². The van der Waals surface area contributed by atoms with Gasteiger partial charge in [0, 0.05) is 11.8 Å². The van der Waals surface area contributed by atoms with Crippen LogP contribution in [0.1, 0.15) is 26.5 Å². The lowest BCUT2D eigenvalue weighted by Crippen LogP contribution is -2.14. The van der Waals surface area contributed by atoms with Crippen molar-refractivity contribution in [3.8, 4) is 11.5 Å². The van der Waals surface area contributed by atoms with Crippen LogP contribution in [0, 0.1) is 20.8 Å². The Morgan fingerprint density at radius 1 is 1.07 bits per heavy atom. The van der Waals surface area contributed by atoms with Crippen LogP contribution in [-0.4, -0.2) is 26.1 Å². The van der Waals surface area contributed by atoms with Crippen LogP contribution in [0.3, 0.4) is 0 Å². The molecule has 3 aromatic rings. The van der Waals surface area contributed by atoms with E-state index in [2.05, 4.69) is 15.0 Å². The molecule has 1 aliphatic rings. The van der Waals surface area contributed by atoms with Gasteiger partial charge in [-0.3, -0.25) is 9.52 Å². The second kappa shape index (κ2) is 7.62. The summed E-state index contributed by atoms with van der Waals surface area (Å²) in [5, 5.41) is 2.90. The molecule has 2 N–H and O–H groups in total. The molecule has 0 radical (unpaired) electrons. The zero-order chi connectivity index (χ0) is 21.5. The van der Waals surface area contributed by atoms with Crippen LogP contribution >= 0.6 is 11.3 Å². The molecule has 0 saturated carbocycles. The summed E-state index contributed by atoms with van der Waals surface area (Å²) in [5.74, 6) is 0.779. The first-order valence-corrected chi connectivity index (χ1v) is 11.3. The molecule has 1 aliphatic heterocycles. The van der Waals surface area contributed by atoms with Gasteiger partial charge >= 0.3 is 0 Å². The highest BCUT2D eigenvalue weighted by Crippen LogP contribution is 2.34. The fraction of sp³-hybridized carbons (Fsp3) is 0.200. The standard InChI is InChI=1S/C20H19N3O5S2/c1-11-4-7-17(12(2)8-11)30(25,26)23-20-21-13(3)18(29-20)19(24)22-14-5-6-15-16(9-14)28-10-27-15/h4-9H,10H2,1-3H3,(H,21,23)(H,22,24). The van der Waals surface area contributed by atoms with Gasteiger partial charge in [-0.25, -0.2) is 13.4 Å². The fourth-order valence-electron chi connectivity index (χ4n) is 3.08. The Morgan fingerprint density at radius 3 is 2.60 bits per heavy atom. The third-order valence-electron chi connectivity index (χ3n) is 4.47. The monoisotopic (exact) mass is 445 g/mol. The molecule has 156 valence electrons. The van der Waals surface area contributed by atoms with E-state index in [1.165, 1.54) is 0 Å². The molecule has 0 atom stereocenters. The van der Waals surface area contributed by atoms with E-state index in [9.17, 15) is 13.2 Å². The van der Waals surface area contributed by atoms with Gasteiger partial charge in [0.2, 0.25) is 6.79 Å². The lowest BCUT2D eigenvalue weighted by molar-refractivity contribution is 0.103. The zero-order valence-electron chi connectivity index (χ0n) is 16.5. The Hall–Kier alpha value is -3.11. The highest BCUT2D eigenvalue weighted by Gasteiger charge is 2.22. The smallest absolute Gasteiger partial charge is 0.267 e. The van der Waals surface area contributed by atoms with Gasteiger partial charge < -0.3 is 14.8 Å². The number of amides is 1. The predicted octanol–water partition coefficient (Wildman–Crippen LogP) is 3.85. The Kier molecular flexibility index (Phi) is 5.12. The normalized spacial score (nSPS) is 12.6. The summed E-state index contributed by atoms with van der Waals surface area (Å²) in [5.41, 5.74) is 2.57. The van der Waals surface area contributed by atoms with Crippen molar-refractivity contribution < 1.29 is 22.7 Å². The largest absolute Gasteiger partial charge is 0.454 e. The molecule has 0 aliphatic carbocycles. The number of hydrogen-bond acceptors (Lipinski definition) is 7. The molecule has 1 aromatic heterocycles. The number of aromatic nitrogens is 1. The lowest BCUT2D eigenvalue weighted by Gasteiger charge is -2.08. The summed E-state index contributed by atoms with van der Waals surface area (Å²) in [6.45, 7) is 5.43. The summed E-state index contributed by atoms with van der Waals surface area (Å²) in [7, 11) is -3.82. The quantitative estimate of drug-likeness (QED) is 0.618. The number of aryl methyl sites for hydroxylation is 3. The van der Waals surface area contributed by atoms with E-state index in [0.29, 0.717) is 33.3 Å². The number of rotatable bonds is 5. The number of sulfonamides is 1. The fourth-order valence-corrected chi connectivity index (χ4v) is 5.41. The molecular formula is C20H19N3O5S2. The van der Waals surface area contributed by atoms with Crippen LogP contribution in [0.4, 0.5) is 10.8 Å². The van der Waals surface area contributed by atoms with Gasteiger partial charge in [0.05, 0.1) is 10.6 Å². The van der Waals surface area contributed by atoms with Crippen LogP contribution in [-0.2, 0) is 10.0 Å². The van der Waals surface area contributed by atoms with Gasteiger partial charge in [0.15, 0.2) is 16.6 Å². The minimum atomic E-state index is -3.82. The van der Waals surface area contributed by atoms with E-state index in [1.807, 2.05) is 6.92 Å². The van der Waals surface area contributed by atoms with Crippen molar-refractivity contribution in [1.29, 1.82) is 0 Å². The van der Waals surface area contributed by atoms with E-state index < -0.39 is 10.0 Å². The Morgan fingerprint density at radius 2 is 1.83 bits per heavy atom. The molecule has 8 nitrogen and oxygen atoms in total. The lowest BCUT2D eigenvalue weighted by atomic mass is 10.2. The van der Waals surface area contributed by atoms with Crippen molar-refractivity contribution in [3.05, 3.63) is 58.1 Å². The summed E-state index contributed by atoms with van der Waals surface area (Å²) < 4.78 is 38.5. The average molecular weight is 446 g/mol. The summed E-state index contributed by atoms with van der Waals surface area (Å²) in [6.07, 6.45) is 0. The number of fused-ring (bicyclic) bond motifs is 1. The van der Waals surface area contributed by atoms with E-state index in [0.717, 1.165) is 16.9 Å². The molecule has 0 bridgehead atoms. The van der Waals surface area contributed by atoms with Crippen LogP contribution in [0.25, 0.3) is 0 Å². The maximum absolute atomic E-state index is 12.8. The minimum absolute atomic E-state index is 0.128. The third-order valence-corrected chi connectivity index (χ3v) is 7.17. The van der Waals surface area contributed by atoms with Crippen molar-refractivity contribution in [2.45, 2.75) is 25.7 Å². The number of hydrogen-bond donors (Lipinski definition) is 2. The van der Waals surface area contributed by atoms with Crippen LogP contribution < -0.4 is 19.5 Å². The maximum atomic E-state index is 12.8. The maximum Gasteiger partial charge on any atom is 0.267 e. The molecule has 2 heterocycles. The molecule has 0 unspecified atom stereocenters. The molecule has 1 amide bonds. The van der Waals surface area contributed by atoms with Crippen LogP contribution in [0.2, 0.25) is 0 Å². The van der Waals surface area contributed by atoms with Crippen LogP contribution in [0.15, 0.2) is 41.3 Å². The summed E-state index contributed by atoms with van der Waals surface area (Å²) >= 11 is 0.973. The van der Waals surface area contributed by atoms with E-state index in [-0.39, 0.29) is 22.7 Å². The van der Waals surface area contributed by atoms with Crippen molar-refractivity contribution in [2.24, 2.45) is 0 Å². The molecule has 2 aromatic carbocycles.